The monoisotopic (exact) mass is 398 g/mol. The quantitative estimate of drug-likeness (QED) is 0.685. The zero-order valence-corrected chi connectivity index (χ0v) is 17.9. The number of thiophene rings is 1. The molecule has 0 saturated carbocycles. The Morgan fingerprint density at radius 3 is 2.68 bits per heavy atom. The second-order valence-corrected chi connectivity index (χ2v) is 8.41. The molecule has 1 atom stereocenters. The molecular formula is C23H30N2O2S. The number of unbranched alkanes of at least 4 members (excludes halogenated alkanes) is 1. The molecule has 1 aromatic carbocycles. The van der Waals surface area contributed by atoms with Gasteiger partial charge in [-0.15, -0.1) is 11.3 Å². The number of likely N-dealkylation sites (N-methyl/N-ethyl adjacent to an activating group) is 1. The van der Waals surface area contributed by atoms with E-state index in [2.05, 4.69) is 37.4 Å². The number of carbonyl (C=O) groups is 2. The van der Waals surface area contributed by atoms with Crippen LogP contribution < -0.4 is 0 Å². The van der Waals surface area contributed by atoms with E-state index in [1.165, 1.54) is 21.6 Å². The lowest BCUT2D eigenvalue weighted by molar-refractivity contribution is -0.141. The second-order valence-electron chi connectivity index (χ2n) is 7.41. The molecule has 4 nitrogen and oxygen atoms in total. The summed E-state index contributed by atoms with van der Waals surface area (Å²) >= 11 is 1.77. The minimum absolute atomic E-state index is 0.0387. The largest absolute Gasteiger partial charge is 0.334 e. The lowest BCUT2D eigenvalue weighted by atomic mass is 9.90. The lowest BCUT2D eigenvalue weighted by Crippen LogP contribution is -2.46. The van der Waals surface area contributed by atoms with Gasteiger partial charge in [-0.25, -0.2) is 0 Å². The maximum atomic E-state index is 13.3. The summed E-state index contributed by atoms with van der Waals surface area (Å²) in [6, 6.07) is 10.4. The van der Waals surface area contributed by atoms with Crippen molar-refractivity contribution in [3.63, 3.8) is 0 Å². The van der Waals surface area contributed by atoms with Crippen molar-refractivity contribution in [3.05, 3.63) is 57.3 Å². The number of rotatable bonds is 7. The Hall–Kier alpha value is -2.14. The minimum Gasteiger partial charge on any atom is -0.334 e. The van der Waals surface area contributed by atoms with Gasteiger partial charge in [-0.1, -0.05) is 37.6 Å². The molecular weight excluding hydrogens is 368 g/mol. The molecule has 0 aliphatic carbocycles. The number of nitrogens with zero attached hydrogens (tertiary/aromatic N) is 2. The summed E-state index contributed by atoms with van der Waals surface area (Å²) in [6.45, 7) is 7.57. The number of amides is 2. The molecule has 1 unspecified atom stereocenters. The van der Waals surface area contributed by atoms with Crippen molar-refractivity contribution >= 4 is 23.2 Å². The zero-order chi connectivity index (χ0) is 20.1. The van der Waals surface area contributed by atoms with Crippen LogP contribution in [0.4, 0.5) is 0 Å². The standard InChI is InChI=1S/C23H30N2O2S/c1-4-6-11-21(26)24(5-2)16-22(27)25-14-12-20-19(13-15-28-20)23(25)18-10-8-7-9-17(18)3/h7-10,13,15,23H,4-6,11-12,14,16H2,1-3H3. The first-order valence-corrected chi connectivity index (χ1v) is 11.1. The summed E-state index contributed by atoms with van der Waals surface area (Å²) in [5, 5.41) is 2.12. The smallest absolute Gasteiger partial charge is 0.242 e. The molecule has 2 amide bonds. The average Bonchev–Trinajstić information content (AvgIpc) is 3.18. The maximum Gasteiger partial charge on any atom is 0.242 e. The first kappa shape index (κ1) is 20.6. The van der Waals surface area contributed by atoms with Gasteiger partial charge in [-0.2, -0.15) is 0 Å². The molecule has 1 aromatic heterocycles. The number of benzene rings is 1. The normalized spacial score (nSPS) is 16.0. The van der Waals surface area contributed by atoms with E-state index in [1.807, 2.05) is 24.0 Å². The van der Waals surface area contributed by atoms with Gasteiger partial charge in [0.25, 0.3) is 0 Å². The second kappa shape index (κ2) is 9.37. The van der Waals surface area contributed by atoms with Crippen LogP contribution in [0, 0.1) is 6.92 Å². The van der Waals surface area contributed by atoms with Gasteiger partial charge in [0.2, 0.25) is 11.8 Å². The maximum absolute atomic E-state index is 13.3. The average molecular weight is 399 g/mol. The number of carbonyl (C=O) groups excluding carboxylic acids is 2. The molecule has 0 saturated heterocycles. The predicted molar refractivity (Wildman–Crippen MR) is 115 cm³/mol. The van der Waals surface area contributed by atoms with E-state index in [1.54, 1.807) is 16.2 Å². The third-order valence-electron chi connectivity index (χ3n) is 5.57. The summed E-state index contributed by atoms with van der Waals surface area (Å²) in [5.41, 5.74) is 3.60. The molecule has 150 valence electrons. The van der Waals surface area contributed by atoms with E-state index in [0.717, 1.165) is 19.3 Å². The fourth-order valence-corrected chi connectivity index (χ4v) is 4.83. The van der Waals surface area contributed by atoms with Crippen LogP contribution in [-0.4, -0.2) is 41.2 Å². The van der Waals surface area contributed by atoms with Crippen LogP contribution in [0.1, 0.15) is 60.7 Å². The summed E-state index contributed by atoms with van der Waals surface area (Å²) in [7, 11) is 0. The highest BCUT2D eigenvalue weighted by Gasteiger charge is 2.34. The Morgan fingerprint density at radius 1 is 1.18 bits per heavy atom. The highest BCUT2D eigenvalue weighted by Crippen LogP contribution is 2.38. The molecule has 28 heavy (non-hydrogen) atoms. The topological polar surface area (TPSA) is 40.6 Å². The van der Waals surface area contributed by atoms with Gasteiger partial charge in [0, 0.05) is 24.4 Å². The van der Waals surface area contributed by atoms with E-state index in [9.17, 15) is 9.59 Å². The Morgan fingerprint density at radius 2 is 1.96 bits per heavy atom. The first-order chi connectivity index (χ1) is 13.6. The van der Waals surface area contributed by atoms with Gasteiger partial charge in [0.05, 0.1) is 12.6 Å². The number of hydrogen-bond acceptors (Lipinski definition) is 3. The van der Waals surface area contributed by atoms with Crippen molar-refractivity contribution in [1.29, 1.82) is 0 Å². The van der Waals surface area contributed by atoms with Crippen LogP contribution in [0.15, 0.2) is 35.7 Å². The molecule has 2 heterocycles. The van der Waals surface area contributed by atoms with Crippen LogP contribution >= 0.6 is 11.3 Å². The van der Waals surface area contributed by atoms with Gasteiger partial charge in [-0.05, 0) is 54.8 Å². The van der Waals surface area contributed by atoms with E-state index in [0.29, 0.717) is 19.5 Å². The summed E-state index contributed by atoms with van der Waals surface area (Å²) < 4.78 is 0. The third-order valence-corrected chi connectivity index (χ3v) is 6.57. The van der Waals surface area contributed by atoms with Crippen molar-refractivity contribution in [2.24, 2.45) is 0 Å². The molecule has 0 fully saturated rings. The number of fused-ring (bicyclic) bond motifs is 1. The van der Waals surface area contributed by atoms with Crippen LogP contribution in [-0.2, 0) is 16.0 Å². The van der Waals surface area contributed by atoms with Crippen molar-refractivity contribution < 1.29 is 9.59 Å². The molecule has 5 heteroatoms. The molecule has 1 aliphatic rings. The summed E-state index contributed by atoms with van der Waals surface area (Å²) in [4.78, 5) is 30.8. The highest BCUT2D eigenvalue weighted by atomic mass is 32.1. The van der Waals surface area contributed by atoms with E-state index in [-0.39, 0.29) is 24.4 Å². The Kier molecular flexibility index (Phi) is 6.89. The predicted octanol–water partition coefficient (Wildman–Crippen LogP) is 4.57. The lowest BCUT2D eigenvalue weighted by Gasteiger charge is -2.38. The Labute approximate surface area is 172 Å². The molecule has 3 rings (SSSR count). The van der Waals surface area contributed by atoms with Crippen molar-refractivity contribution in [3.8, 4) is 0 Å². The van der Waals surface area contributed by atoms with Gasteiger partial charge >= 0.3 is 0 Å². The SMILES string of the molecule is CCCCC(=O)N(CC)CC(=O)N1CCc2sccc2C1c1ccccc1C. The van der Waals surface area contributed by atoms with Crippen LogP contribution in [0.25, 0.3) is 0 Å². The van der Waals surface area contributed by atoms with E-state index >= 15 is 0 Å². The van der Waals surface area contributed by atoms with Crippen LogP contribution in [0.3, 0.4) is 0 Å². The third kappa shape index (κ3) is 4.30. The Bertz CT molecular complexity index is 830. The van der Waals surface area contributed by atoms with Crippen molar-refractivity contribution in [2.75, 3.05) is 19.6 Å². The van der Waals surface area contributed by atoms with Crippen LogP contribution in [0.5, 0.6) is 0 Å². The molecule has 0 spiro atoms. The van der Waals surface area contributed by atoms with Gasteiger partial charge in [0.15, 0.2) is 0 Å². The van der Waals surface area contributed by atoms with Crippen molar-refractivity contribution in [2.45, 2.75) is 52.5 Å². The molecule has 0 radical (unpaired) electrons. The van der Waals surface area contributed by atoms with Crippen molar-refractivity contribution in [1.82, 2.24) is 9.80 Å². The van der Waals surface area contributed by atoms with Gasteiger partial charge < -0.3 is 9.80 Å². The van der Waals surface area contributed by atoms with Gasteiger partial charge in [-0.3, -0.25) is 9.59 Å². The highest BCUT2D eigenvalue weighted by molar-refractivity contribution is 7.10. The minimum atomic E-state index is -0.0619. The molecule has 0 N–H and O–H groups in total. The summed E-state index contributed by atoms with van der Waals surface area (Å²) in [6.07, 6.45) is 3.27. The zero-order valence-electron chi connectivity index (χ0n) is 17.1. The fourth-order valence-electron chi connectivity index (χ4n) is 3.93. The van der Waals surface area contributed by atoms with E-state index < -0.39 is 0 Å². The Balaban J connectivity index is 1.86. The van der Waals surface area contributed by atoms with Crippen LogP contribution in [0.2, 0.25) is 0 Å². The van der Waals surface area contributed by atoms with Gasteiger partial charge in [0.1, 0.15) is 0 Å². The van der Waals surface area contributed by atoms with E-state index in [4.69, 9.17) is 0 Å². The number of aryl methyl sites for hydroxylation is 1. The molecule has 2 aromatic rings. The first-order valence-electron chi connectivity index (χ1n) is 10.3. The molecule has 1 aliphatic heterocycles. The molecule has 0 bridgehead atoms. The fraction of sp³-hybridized carbons (Fsp3) is 0.478. The summed E-state index contributed by atoms with van der Waals surface area (Å²) in [5.74, 6) is 0.121. The number of hydrogen-bond donors (Lipinski definition) is 0.